The monoisotopic (exact) mass is 977 g/mol. The molecular formula is C64H112O6. The predicted octanol–water partition coefficient (Wildman–Crippen LogP) is 20.2. The van der Waals surface area contributed by atoms with Crippen LogP contribution in [0.1, 0.15) is 297 Å². The summed E-state index contributed by atoms with van der Waals surface area (Å²) in [5.41, 5.74) is 0. The Hall–Kier alpha value is -3.15. The summed E-state index contributed by atoms with van der Waals surface area (Å²) >= 11 is 0. The van der Waals surface area contributed by atoms with Gasteiger partial charge in [0.2, 0.25) is 0 Å². The van der Waals surface area contributed by atoms with Gasteiger partial charge in [-0.15, -0.1) is 0 Å². The van der Waals surface area contributed by atoms with Crippen molar-refractivity contribution in [3.05, 3.63) is 72.9 Å². The van der Waals surface area contributed by atoms with Crippen LogP contribution >= 0.6 is 0 Å². The van der Waals surface area contributed by atoms with E-state index in [-0.39, 0.29) is 31.1 Å². The van der Waals surface area contributed by atoms with Crippen LogP contribution in [0.3, 0.4) is 0 Å². The van der Waals surface area contributed by atoms with Crippen LogP contribution in [-0.4, -0.2) is 37.2 Å². The average molecular weight is 978 g/mol. The molecule has 6 nitrogen and oxygen atoms in total. The SMILES string of the molecule is CC/C=C\C/C=C\C/C=C\C/C=C\CCCCCCCCCCCCCCC(=O)OCC(COC(=O)CCCCCCC/C=C\CCCCCC)OC(=O)CCCCCCC/C=C\CCCCCCC. The van der Waals surface area contributed by atoms with Crippen molar-refractivity contribution < 1.29 is 28.6 Å². The van der Waals surface area contributed by atoms with Crippen LogP contribution in [0.5, 0.6) is 0 Å². The molecule has 0 heterocycles. The minimum absolute atomic E-state index is 0.0808. The molecule has 0 bridgehead atoms. The molecule has 1 unspecified atom stereocenters. The van der Waals surface area contributed by atoms with Crippen molar-refractivity contribution in [2.75, 3.05) is 13.2 Å². The molecule has 0 saturated carbocycles. The van der Waals surface area contributed by atoms with Crippen LogP contribution in [-0.2, 0) is 28.6 Å². The number of carbonyl (C=O) groups excluding carboxylic acids is 3. The molecule has 6 heteroatoms. The normalized spacial score (nSPS) is 12.6. The molecule has 0 aromatic heterocycles. The molecule has 0 aromatic rings. The second kappa shape index (κ2) is 58.4. The van der Waals surface area contributed by atoms with E-state index in [1.807, 2.05) is 0 Å². The number of rotatable bonds is 54. The molecule has 1 atom stereocenters. The lowest BCUT2D eigenvalue weighted by Crippen LogP contribution is -2.30. The first-order valence-electron chi connectivity index (χ1n) is 29.9. The summed E-state index contributed by atoms with van der Waals surface area (Å²) < 4.78 is 16.9. The number of ether oxygens (including phenoxy) is 3. The van der Waals surface area contributed by atoms with E-state index in [0.29, 0.717) is 19.3 Å². The van der Waals surface area contributed by atoms with E-state index < -0.39 is 6.10 Å². The quantitative estimate of drug-likeness (QED) is 0.0261. The molecule has 0 aliphatic heterocycles. The molecule has 404 valence electrons. The lowest BCUT2D eigenvalue weighted by molar-refractivity contribution is -0.167. The standard InChI is InChI=1S/C64H112O6/c1-4-7-10-13-16-19-22-25-27-28-29-30-31-32-33-34-35-36-37-40-42-45-48-51-54-57-63(66)69-60-61(59-68-62(65)56-53-50-47-44-41-38-24-21-18-15-12-9-6-3)70-64(67)58-55-52-49-46-43-39-26-23-20-17-14-11-8-5-2/h7,10,16,19,21,23-27,29-30,61H,4-6,8-9,11-15,17-18,20,22,28,31-60H2,1-3H3/b10-7-,19-16-,24-21-,26-23-,27-25-,30-29-. The number of esters is 3. The highest BCUT2D eigenvalue weighted by Gasteiger charge is 2.19. The van der Waals surface area contributed by atoms with E-state index >= 15 is 0 Å². The number of allylic oxidation sites excluding steroid dienone is 12. The zero-order valence-electron chi connectivity index (χ0n) is 46.3. The first-order chi connectivity index (χ1) is 34.5. The summed E-state index contributed by atoms with van der Waals surface area (Å²) in [5.74, 6) is -0.890. The van der Waals surface area contributed by atoms with Gasteiger partial charge in [0.05, 0.1) is 0 Å². The van der Waals surface area contributed by atoms with Gasteiger partial charge in [-0.25, -0.2) is 0 Å². The molecular weight excluding hydrogens is 865 g/mol. The molecule has 0 amide bonds. The molecule has 0 spiro atoms. The van der Waals surface area contributed by atoms with E-state index in [2.05, 4.69) is 93.7 Å². The van der Waals surface area contributed by atoms with Crippen molar-refractivity contribution in [3.8, 4) is 0 Å². The Morgan fingerprint density at radius 2 is 0.557 bits per heavy atom. The van der Waals surface area contributed by atoms with Gasteiger partial charge in [0, 0.05) is 19.3 Å². The Morgan fingerprint density at radius 1 is 0.300 bits per heavy atom. The minimum Gasteiger partial charge on any atom is -0.462 e. The van der Waals surface area contributed by atoms with Crippen molar-refractivity contribution in [1.82, 2.24) is 0 Å². The Labute approximate surface area is 433 Å². The fourth-order valence-electron chi connectivity index (χ4n) is 8.42. The smallest absolute Gasteiger partial charge is 0.306 e. The molecule has 0 aliphatic rings. The third kappa shape index (κ3) is 55.8. The third-order valence-electron chi connectivity index (χ3n) is 12.9. The summed E-state index contributed by atoms with van der Waals surface area (Å²) in [6.45, 7) is 6.51. The number of hydrogen-bond donors (Lipinski definition) is 0. The summed E-state index contributed by atoms with van der Waals surface area (Å²) in [6, 6.07) is 0. The van der Waals surface area contributed by atoms with Crippen molar-refractivity contribution in [3.63, 3.8) is 0 Å². The van der Waals surface area contributed by atoms with Gasteiger partial charge in [-0.05, 0) is 109 Å². The van der Waals surface area contributed by atoms with Gasteiger partial charge in [0.1, 0.15) is 13.2 Å². The number of carbonyl (C=O) groups is 3. The highest BCUT2D eigenvalue weighted by molar-refractivity contribution is 5.71. The van der Waals surface area contributed by atoms with Gasteiger partial charge in [0.15, 0.2) is 6.10 Å². The lowest BCUT2D eigenvalue weighted by Gasteiger charge is -2.18. The Bertz CT molecular complexity index is 1310. The maximum Gasteiger partial charge on any atom is 0.306 e. The zero-order valence-corrected chi connectivity index (χ0v) is 46.3. The van der Waals surface area contributed by atoms with E-state index in [4.69, 9.17) is 14.2 Å². The van der Waals surface area contributed by atoms with Gasteiger partial charge in [0.25, 0.3) is 0 Å². The van der Waals surface area contributed by atoms with Crippen LogP contribution in [0.25, 0.3) is 0 Å². The van der Waals surface area contributed by atoms with E-state index in [9.17, 15) is 14.4 Å². The van der Waals surface area contributed by atoms with Gasteiger partial charge in [-0.1, -0.05) is 241 Å². The van der Waals surface area contributed by atoms with Gasteiger partial charge in [-0.3, -0.25) is 14.4 Å². The van der Waals surface area contributed by atoms with Crippen molar-refractivity contribution in [2.45, 2.75) is 303 Å². The van der Waals surface area contributed by atoms with Gasteiger partial charge >= 0.3 is 17.9 Å². The maximum absolute atomic E-state index is 12.8. The van der Waals surface area contributed by atoms with Crippen molar-refractivity contribution >= 4 is 17.9 Å². The van der Waals surface area contributed by atoms with E-state index in [1.165, 1.54) is 154 Å². The molecule has 0 fully saturated rings. The van der Waals surface area contributed by atoms with Crippen LogP contribution in [0.4, 0.5) is 0 Å². The second-order valence-electron chi connectivity index (χ2n) is 19.9. The summed E-state index contributed by atoms with van der Waals surface area (Å²) in [7, 11) is 0. The molecule has 0 rings (SSSR count). The summed E-state index contributed by atoms with van der Waals surface area (Å²) in [4.78, 5) is 38.2. The Kier molecular flexibility index (Phi) is 55.8. The zero-order chi connectivity index (χ0) is 50.7. The first kappa shape index (κ1) is 66.9. The number of hydrogen-bond acceptors (Lipinski definition) is 6. The maximum atomic E-state index is 12.8. The van der Waals surface area contributed by atoms with Crippen LogP contribution in [0, 0.1) is 0 Å². The van der Waals surface area contributed by atoms with E-state index in [0.717, 1.165) is 103 Å². The van der Waals surface area contributed by atoms with Crippen LogP contribution in [0.2, 0.25) is 0 Å². The Balaban J connectivity index is 4.28. The highest BCUT2D eigenvalue weighted by Crippen LogP contribution is 2.16. The lowest BCUT2D eigenvalue weighted by atomic mass is 10.0. The molecule has 0 aliphatic carbocycles. The fraction of sp³-hybridized carbons (Fsp3) is 0.766. The first-order valence-corrected chi connectivity index (χ1v) is 29.9. The summed E-state index contributed by atoms with van der Waals surface area (Å²) in [6.07, 6.45) is 74.7. The highest BCUT2D eigenvalue weighted by atomic mass is 16.6. The predicted molar refractivity (Wildman–Crippen MR) is 302 cm³/mol. The van der Waals surface area contributed by atoms with Crippen molar-refractivity contribution in [2.24, 2.45) is 0 Å². The second-order valence-corrected chi connectivity index (χ2v) is 19.9. The van der Waals surface area contributed by atoms with E-state index in [1.54, 1.807) is 0 Å². The number of unbranched alkanes of at least 4 members (excludes halogenated alkanes) is 31. The third-order valence-corrected chi connectivity index (χ3v) is 12.9. The topological polar surface area (TPSA) is 78.9 Å². The summed E-state index contributed by atoms with van der Waals surface area (Å²) in [5, 5.41) is 0. The molecule has 0 N–H and O–H groups in total. The molecule has 70 heavy (non-hydrogen) atoms. The molecule has 0 saturated heterocycles. The van der Waals surface area contributed by atoms with Crippen molar-refractivity contribution in [1.29, 1.82) is 0 Å². The van der Waals surface area contributed by atoms with Gasteiger partial charge < -0.3 is 14.2 Å². The van der Waals surface area contributed by atoms with Crippen LogP contribution < -0.4 is 0 Å². The Morgan fingerprint density at radius 3 is 0.900 bits per heavy atom. The minimum atomic E-state index is -0.783. The molecule has 0 aromatic carbocycles. The fourth-order valence-corrected chi connectivity index (χ4v) is 8.42. The largest absolute Gasteiger partial charge is 0.462 e. The van der Waals surface area contributed by atoms with Crippen LogP contribution in [0.15, 0.2) is 72.9 Å². The van der Waals surface area contributed by atoms with Gasteiger partial charge in [-0.2, -0.15) is 0 Å². The average Bonchev–Trinajstić information content (AvgIpc) is 3.36. The molecule has 0 radical (unpaired) electrons.